The third kappa shape index (κ3) is 2.13. The van der Waals surface area contributed by atoms with E-state index < -0.39 is 0 Å². The fourth-order valence-electron chi connectivity index (χ4n) is 3.65. The SMILES string of the molecule is Cc1cccc(N2CC[C@@H]3[C@@H]2CCN3c2ncccn2)n1. The van der Waals surface area contributed by atoms with Gasteiger partial charge < -0.3 is 9.80 Å². The third-order valence-electron chi connectivity index (χ3n) is 4.55. The van der Waals surface area contributed by atoms with E-state index in [1.54, 1.807) is 0 Å². The Morgan fingerprint density at radius 3 is 2.43 bits per heavy atom. The molecule has 0 unspecified atom stereocenters. The Balaban J connectivity index is 1.59. The second kappa shape index (κ2) is 4.98. The summed E-state index contributed by atoms with van der Waals surface area (Å²) in [6.07, 6.45) is 5.95. The first-order chi connectivity index (χ1) is 10.3. The highest BCUT2D eigenvalue weighted by Crippen LogP contribution is 2.35. The van der Waals surface area contributed by atoms with Crippen molar-refractivity contribution in [2.24, 2.45) is 0 Å². The lowest BCUT2D eigenvalue weighted by atomic mass is 10.1. The number of pyridine rings is 1. The summed E-state index contributed by atoms with van der Waals surface area (Å²) in [5.41, 5.74) is 1.08. The Labute approximate surface area is 124 Å². The van der Waals surface area contributed by atoms with Crippen molar-refractivity contribution in [1.82, 2.24) is 15.0 Å². The molecular formula is C16H19N5. The maximum Gasteiger partial charge on any atom is 0.225 e. The average molecular weight is 281 g/mol. The second-order valence-corrected chi connectivity index (χ2v) is 5.78. The monoisotopic (exact) mass is 281 g/mol. The fraction of sp³-hybridized carbons (Fsp3) is 0.438. The molecule has 0 aliphatic carbocycles. The highest BCUT2D eigenvalue weighted by molar-refractivity contribution is 5.47. The standard InChI is InChI=1S/C16H19N5/c1-12-4-2-5-15(19-12)20-10-6-14-13(20)7-11-21(14)16-17-8-3-9-18-16/h2-5,8-9,13-14H,6-7,10-11H2,1H3/t13-,14+/m0/s1. The molecule has 0 N–H and O–H groups in total. The molecule has 4 rings (SSSR count). The quantitative estimate of drug-likeness (QED) is 0.843. The molecule has 2 fully saturated rings. The summed E-state index contributed by atoms with van der Waals surface area (Å²) >= 11 is 0. The molecule has 2 aliphatic rings. The van der Waals surface area contributed by atoms with Gasteiger partial charge >= 0.3 is 0 Å². The van der Waals surface area contributed by atoms with Gasteiger partial charge in [-0.1, -0.05) is 6.07 Å². The Morgan fingerprint density at radius 2 is 1.67 bits per heavy atom. The topological polar surface area (TPSA) is 45.2 Å². The first-order valence-electron chi connectivity index (χ1n) is 7.57. The molecule has 5 nitrogen and oxygen atoms in total. The van der Waals surface area contributed by atoms with Gasteiger partial charge in [0.05, 0.1) is 12.1 Å². The lowest BCUT2D eigenvalue weighted by molar-refractivity contribution is 0.635. The van der Waals surface area contributed by atoms with Crippen molar-refractivity contribution >= 4 is 11.8 Å². The first kappa shape index (κ1) is 12.6. The van der Waals surface area contributed by atoms with Crippen LogP contribution in [0.1, 0.15) is 18.5 Å². The molecule has 0 spiro atoms. The van der Waals surface area contributed by atoms with Crippen LogP contribution in [0.15, 0.2) is 36.7 Å². The van der Waals surface area contributed by atoms with E-state index in [2.05, 4.69) is 49.9 Å². The molecule has 108 valence electrons. The van der Waals surface area contributed by atoms with E-state index >= 15 is 0 Å². The van der Waals surface area contributed by atoms with E-state index in [0.29, 0.717) is 12.1 Å². The summed E-state index contributed by atoms with van der Waals surface area (Å²) in [6, 6.07) is 9.18. The van der Waals surface area contributed by atoms with Gasteiger partial charge in [-0.25, -0.2) is 15.0 Å². The highest BCUT2D eigenvalue weighted by Gasteiger charge is 2.43. The van der Waals surface area contributed by atoms with Crippen molar-refractivity contribution in [3.63, 3.8) is 0 Å². The van der Waals surface area contributed by atoms with Crippen molar-refractivity contribution in [3.05, 3.63) is 42.4 Å². The molecule has 2 aromatic rings. The molecule has 5 heteroatoms. The van der Waals surface area contributed by atoms with Gasteiger partial charge in [-0.3, -0.25) is 0 Å². The van der Waals surface area contributed by atoms with Crippen LogP contribution in [0.25, 0.3) is 0 Å². The molecule has 2 atom stereocenters. The number of fused-ring (bicyclic) bond motifs is 1. The van der Waals surface area contributed by atoms with Crippen LogP contribution in [-0.4, -0.2) is 40.1 Å². The zero-order chi connectivity index (χ0) is 14.2. The zero-order valence-electron chi connectivity index (χ0n) is 12.2. The van der Waals surface area contributed by atoms with Gasteiger partial charge in [0.25, 0.3) is 0 Å². The minimum atomic E-state index is 0.509. The van der Waals surface area contributed by atoms with Crippen molar-refractivity contribution < 1.29 is 0 Å². The molecule has 4 heterocycles. The lowest BCUT2D eigenvalue weighted by Crippen LogP contribution is -2.37. The Hall–Kier alpha value is -2.17. The molecule has 0 saturated carbocycles. The van der Waals surface area contributed by atoms with Crippen molar-refractivity contribution in [2.45, 2.75) is 31.8 Å². The highest BCUT2D eigenvalue weighted by atomic mass is 15.4. The molecule has 0 radical (unpaired) electrons. The minimum absolute atomic E-state index is 0.509. The summed E-state index contributed by atoms with van der Waals surface area (Å²) < 4.78 is 0. The number of nitrogens with zero attached hydrogens (tertiary/aromatic N) is 5. The molecule has 21 heavy (non-hydrogen) atoms. The van der Waals surface area contributed by atoms with E-state index in [1.807, 2.05) is 18.5 Å². The maximum atomic E-state index is 4.69. The number of aryl methyl sites for hydroxylation is 1. The summed E-state index contributed by atoms with van der Waals surface area (Å²) in [5, 5.41) is 0. The third-order valence-corrected chi connectivity index (χ3v) is 4.55. The molecule has 2 aromatic heterocycles. The molecule has 0 amide bonds. The van der Waals surface area contributed by atoms with E-state index in [9.17, 15) is 0 Å². The van der Waals surface area contributed by atoms with Gasteiger partial charge in [-0.2, -0.15) is 0 Å². The number of aromatic nitrogens is 3. The predicted octanol–water partition coefficient (Wildman–Crippen LogP) is 2.04. The molecule has 2 saturated heterocycles. The van der Waals surface area contributed by atoms with Gasteiger partial charge in [0.1, 0.15) is 5.82 Å². The molecule has 2 aliphatic heterocycles. The van der Waals surface area contributed by atoms with Gasteiger partial charge in [-0.05, 0) is 38.0 Å². The van der Waals surface area contributed by atoms with Crippen molar-refractivity contribution in [3.8, 4) is 0 Å². The van der Waals surface area contributed by atoms with Crippen molar-refractivity contribution in [2.75, 3.05) is 22.9 Å². The average Bonchev–Trinajstić information content (AvgIpc) is 3.09. The van der Waals surface area contributed by atoms with Crippen LogP contribution in [0, 0.1) is 6.92 Å². The van der Waals surface area contributed by atoms with Gasteiger partial charge in [0.15, 0.2) is 0 Å². The van der Waals surface area contributed by atoms with Crippen LogP contribution >= 0.6 is 0 Å². The van der Waals surface area contributed by atoms with Gasteiger partial charge in [0.2, 0.25) is 5.95 Å². The maximum absolute atomic E-state index is 4.69. The van der Waals surface area contributed by atoms with E-state index in [0.717, 1.165) is 43.4 Å². The summed E-state index contributed by atoms with van der Waals surface area (Å²) in [5.74, 6) is 1.97. The lowest BCUT2D eigenvalue weighted by Gasteiger charge is -2.26. The van der Waals surface area contributed by atoms with Crippen LogP contribution in [0.5, 0.6) is 0 Å². The minimum Gasteiger partial charge on any atom is -0.351 e. The second-order valence-electron chi connectivity index (χ2n) is 5.78. The Morgan fingerprint density at radius 1 is 0.952 bits per heavy atom. The van der Waals surface area contributed by atoms with E-state index in [4.69, 9.17) is 0 Å². The number of anilines is 2. The van der Waals surface area contributed by atoms with E-state index in [-0.39, 0.29) is 0 Å². The number of rotatable bonds is 2. The van der Waals surface area contributed by atoms with E-state index in [1.165, 1.54) is 0 Å². The van der Waals surface area contributed by atoms with Crippen LogP contribution in [-0.2, 0) is 0 Å². The molecule has 0 bridgehead atoms. The van der Waals surface area contributed by atoms with Crippen molar-refractivity contribution in [1.29, 1.82) is 0 Å². The predicted molar refractivity (Wildman–Crippen MR) is 82.5 cm³/mol. The normalized spacial score (nSPS) is 24.4. The van der Waals surface area contributed by atoms with Crippen LogP contribution in [0.4, 0.5) is 11.8 Å². The van der Waals surface area contributed by atoms with Crippen LogP contribution in [0.2, 0.25) is 0 Å². The zero-order valence-corrected chi connectivity index (χ0v) is 12.2. The number of hydrogen-bond donors (Lipinski definition) is 0. The van der Waals surface area contributed by atoms with Gasteiger partial charge in [0, 0.05) is 31.2 Å². The smallest absolute Gasteiger partial charge is 0.225 e. The largest absolute Gasteiger partial charge is 0.351 e. The van der Waals surface area contributed by atoms with Crippen LogP contribution < -0.4 is 9.80 Å². The first-order valence-corrected chi connectivity index (χ1v) is 7.57. The molecular weight excluding hydrogens is 262 g/mol. The summed E-state index contributed by atoms with van der Waals surface area (Å²) in [7, 11) is 0. The Bertz CT molecular complexity index is 630. The summed E-state index contributed by atoms with van der Waals surface area (Å²) in [4.78, 5) is 18.3. The van der Waals surface area contributed by atoms with Gasteiger partial charge in [-0.15, -0.1) is 0 Å². The fourth-order valence-corrected chi connectivity index (χ4v) is 3.65. The summed E-state index contributed by atoms with van der Waals surface area (Å²) in [6.45, 7) is 4.15. The molecule has 0 aromatic carbocycles. The van der Waals surface area contributed by atoms with Crippen LogP contribution in [0.3, 0.4) is 0 Å². The Kier molecular flexibility index (Phi) is 2.98. The number of hydrogen-bond acceptors (Lipinski definition) is 5.